The summed E-state index contributed by atoms with van der Waals surface area (Å²) in [5.74, 6) is 1.35. The number of nitrogens with two attached hydrogens (primary N) is 1. The van der Waals surface area contributed by atoms with E-state index in [1.165, 1.54) is 55.0 Å². The molecular weight excluding hydrogens is 404 g/mol. The standard InChI is InChI=1S/C29H42N4/c1-4-7-10-22(5-2)21-32-17-15-23(16-18-32)20-31-29(30)24-13-14-28-26(19-24)25-11-8-9-12-27(25)33(28)6-3/h4,7,10,13-14,19,23H,5-6,8-9,11-12,15-18,20-21H2,1-3H3,(H2,30,31)/b7-4-,22-10+. The summed E-state index contributed by atoms with van der Waals surface area (Å²) in [6.07, 6.45) is 15.1. The molecule has 33 heavy (non-hydrogen) atoms. The highest BCUT2D eigenvalue weighted by Gasteiger charge is 2.21. The summed E-state index contributed by atoms with van der Waals surface area (Å²) >= 11 is 0. The number of amidine groups is 1. The number of fused-ring (bicyclic) bond motifs is 3. The first-order valence-corrected chi connectivity index (χ1v) is 13.1. The Labute approximate surface area is 200 Å². The highest BCUT2D eigenvalue weighted by Crippen LogP contribution is 2.33. The van der Waals surface area contributed by atoms with Crippen LogP contribution in [-0.4, -0.2) is 41.5 Å². The summed E-state index contributed by atoms with van der Waals surface area (Å²) in [7, 11) is 0. The van der Waals surface area contributed by atoms with Crippen LogP contribution in [0.2, 0.25) is 0 Å². The Morgan fingerprint density at radius 1 is 1.15 bits per heavy atom. The third-order valence-corrected chi connectivity index (χ3v) is 7.62. The maximum Gasteiger partial charge on any atom is 0.125 e. The molecular formula is C29H42N4. The van der Waals surface area contributed by atoms with E-state index in [4.69, 9.17) is 10.7 Å². The summed E-state index contributed by atoms with van der Waals surface area (Å²) in [6, 6.07) is 6.74. The summed E-state index contributed by atoms with van der Waals surface area (Å²) in [4.78, 5) is 7.45. The average Bonchev–Trinajstić information content (AvgIpc) is 3.18. The number of benzene rings is 1. The fraction of sp³-hybridized carbons (Fsp3) is 0.552. The zero-order chi connectivity index (χ0) is 23.2. The fourth-order valence-electron chi connectivity index (χ4n) is 5.60. The molecule has 0 unspecified atom stereocenters. The van der Waals surface area contributed by atoms with Crippen LogP contribution in [0.3, 0.4) is 0 Å². The van der Waals surface area contributed by atoms with Gasteiger partial charge in [0, 0.05) is 41.8 Å². The van der Waals surface area contributed by atoms with Gasteiger partial charge in [-0.1, -0.05) is 30.7 Å². The van der Waals surface area contributed by atoms with E-state index in [0.717, 1.165) is 44.7 Å². The van der Waals surface area contributed by atoms with E-state index in [0.29, 0.717) is 11.8 Å². The number of piperidine rings is 1. The zero-order valence-electron chi connectivity index (χ0n) is 20.9. The predicted molar refractivity (Wildman–Crippen MR) is 142 cm³/mol. The Kier molecular flexibility index (Phi) is 8.08. The van der Waals surface area contributed by atoms with Gasteiger partial charge in [-0.25, -0.2) is 0 Å². The van der Waals surface area contributed by atoms with Crippen molar-refractivity contribution >= 4 is 16.7 Å². The van der Waals surface area contributed by atoms with Crippen molar-refractivity contribution < 1.29 is 0 Å². The van der Waals surface area contributed by atoms with E-state index in [2.05, 4.69) is 66.7 Å². The molecule has 1 saturated heterocycles. The maximum atomic E-state index is 6.50. The minimum Gasteiger partial charge on any atom is -0.384 e. The van der Waals surface area contributed by atoms with Crippen LogP contribution in [0.25, 0.3) is 10.9 Å². The van der Waals surface area contributed by atoms with Crippen molar-refractivity contribution in [3.63, 3.8) is 0 Å². The molecule has 0 amide bonds. The molecule has 0 bridgehead atoms. The first kappa shape index (κ1) is 23.8. The van der Waals surface area contributed by atoms with E-state index in [1.54, 1.807) is 11.3 Å². The molecule has 2 aromatic rings. The number of allylic oxidation sites excluding steroid dienone is 3. The lowest BCUT2D eigenvalue weighted by atomic mass is 9.95. The molecule has 1 aromatic carbocycles. The predicted octanol–water partition coefficient (Wildman–Crippen LogP) is 5.87. The van der Waals surface area contributed by atoms with Gasteiger partial charge in [-0.05, 0) is 102 Å². The van der Waals surface area contributed by atoms with Crippen LogP contribution in [0.1, 0.15) is 69.7 Å². The van der Waals surface area contributed by atoms with Gasteiger partial charge in [0.1, 0.15) is 5.84 Å². The van der Waals surface area contributed by atoms with Crippen molar-refractivity contribution in [3.05, 3.63) is 58.8 Å². The fourth-order valence-corrected chi connectivity index (χ4v) is 5.60. The average molecular weight is 447 g/mol. The second kappa shape index (κ2) is 11.2. The van der Waals surface area contributed by atoms with Crippen molar-refractivity contribution in [2.45, 2.75) is 72.3 Å². The first-order chi connectivity index (χ1) is 16.1. The maximum absolute atomic E-state index is 6.50. The third kappa shape index (κ3) is 5.43. The van der Waals surface area contributed by atoms with Crippen molar-refractivity contribution in [3.8, 4) is 0 Å². The summed E-state index contributed by atoms with van der Waals surface area (Å²) < 4.78 is 2.51. The lowest BCUT2D eigenvalue weighted by Gasteiger charge is -2.31. The Bertz CT molecular complexity index is 1030. The molecule has 1 fully saturated rings. The summed E-state index contributed by atoms with van der Waals surface area (Å²) in [5, 5.41) is 1.40. The van der Waals surface area contributed by atoms with Gasteiger partial charge in [0.15, 0.2) is 0 Å². The number of rotatable bonds is 8. The Morgan fingerprint density at radius 3 is 2.67 bits per heavy atom. The molecule has 2 N–H and O–H groups in total. The van der Waals surface area contributed by atoms with Crippen LogP contribution in [0.4, 0.5) is 0 Å². The van der Waals surface area contributed by atoms with Gasteiger partial charge >= 0.3 is 0 Å². The van der Waals surface area contributed by atoms with Gasteiger partial charge < -0.3 is 10.3 Å². The quantitative estimate of drug-likeness (QED) is 0.313. The second-order valence-corrected chi connectivity index (χ2v) is 9.76. The van der Waals surface area contributed by atoms with E-state index in [-0.39, 0.29) is 0 Å². The normalized spacial score (nSPS) is 19.0. The largest absolute Gasteiger partial charge is 0.384 e. The molecule has 4 nitrogen and oxygen atoms in total. The van der Waals surface area contributed by atoms with E-state index < -0.39 is 0 Å². The minimum absolute atomic E-state index is 0.641. The summed E-state index contributed by atoms with van der Waals surface area (Å²) in [5.41, 5.74) is 13.6. The SMILES string of the molecule is C/C=C\C=C(/CC)CN1CCC(CN=C(N)c2ccc3c(c2)c2c(n3CC)CCCC2)CC1. The molecule has 2 heterocycles. The molecule has 1 aliphatic heterocycles. The number of aliphatic imine (C=N–C) groups is 1. The molecule has 4 heteroatoms. The van der Waals surface area contributed by atoms with Crippen LogP contribution >= 0.6 is 0 Å². The third-order valence-electron chi connectivity index (χ3n) is 7.62. The van der Waals surface area contributed by atoms with Crippen molar-refractivity contribution in [2.24, 2.45) is 16.6 Å². The van der Waals surface area contributed by atoms with Crippen LogP contribution in [0.5, 0.6) is 0 Å². The van der Waals surface area contributed by atoms with Crippen LogP contribution in [0, 0.1) is 5.92 Å². The van der Waals surface area contributed by atoms with E-state index in [1.807, 2.05) is 0 Å². The van der Waals surface area contributed by atoms with Gasteiger partial charge in [0.2, 0.25) is 0 Å². The minimum atomic E-state index is 0.641. The van der Waals surface area contributed by atoms with Crippen LogP contribution in [-0.2, 0) is 19.4 Å². The Morgan fingerprint density at radius 2 is 1.94 bits per heavy atom. The second-order valence-electron chi connectivity index (χ2n) is 9.76. The first-order valence-electron chi connectivity index (χ1n) is 13.1. The van der Waals surface area contributed by atoms with Crippen molar-refractivity contribution in [2.75, 3.05) is 26.2 Å². The monoisotopic (exact) mass is 446 g/mol. The number of aryl methyl sites for hydroxylation is 2. The molecule has 2 aliphatic rings. The Hall–Kier alpha value is -2.33. The number of likely N-dealkylation sites (tertiary alicyclic amines) is 1. The molecule has 1 aliphatic carbocycles. The van der Waals surface area contributed by atoms with E-state index >= 15 is 0 Å². The van der Waals surface area contributed by atoms with Crippen LogP contribution in [0.15, 0.2) is 47.0 Å². The van der Waals surface area contributed by atoms with Gasteiger partial charge in [-0.2, -0.15) is 0 Å². The van der Waals surface area contributed by atoms with E-state index in [9.17, 15) is 0 Å². The highest BCUT2D eigenvalue weighted by atomic mass is 15.1. The molecule has 1 aromatic heterocycles. The molecule has 0 atom stereocenters. The molecule has 0 saturated carbocycles. The highest BCUT2D eigenvalue weighted by molar-refractivity contribution is 6.01. The molecule has 4 rings (SSSR count). The number of nitrogens with zero attached hydrogens (tertiary/aromatic N) is 3. The topological polar surface area (TPSA) is 46.5 Å². The van der Waals surface area contributed by atoms with Gasteiger partial charge in [0.05, 0.1) is 0 Å². The van der Waals surface area contributed by atoms with Crippen molar-refractivity contribution in [1.82, 2.24) is 9.47 Å². The number of hydrogen-bond acceptors (Lipinski definition) is 2. The lowest BCUT2D eigenvalue weighted by molar-refractivity contribution is 0.200. The van der Waals surface area contributed by atoms with Gasteiger partial charge in [-0.3, -0.25) is 9.89 Å². The zero-order valence-corrected chi connectivity index (χ0v) is 20.9. The van der Waals surface area contributed by atoms with Gasteiger partial charge in [0.25, 0.3) is 0 Å². The molecule has 0 radical (unpaired) electrons. The number of aromatic nitrogens is 1. The Balaban J connectivity index is 1.39. The molecule has 0 spiro atoms. The summed E-state index contributed by atoms with van der Waals surface area (Å²) in [6.45, 7) is 11.9. The van der Waals surface area contributed by atoms with Gasteiger partial charge in [-0.15, -0.1) is 0 Å². The van der Waals surface area contributed by atoms with Crippen molar-refractivity contribution in [1.29, 1.82) is 0 Å². The smallest absolute Gasteiger partial charge is 0.125 e. The van der Waals surface area contributed by atoms with Crippen LogP contribution < -0.4 is 5.73 Å². The lowest BCUT2D eigenvalue weighted by Crippen LogP contribution is -2.36. The number of hydrogen-bond donors (Lipinski definition) is 1. The molecule has 178 valence electrons.